The number of sulfonamides is 1. The Morgan fingerprint density at radius 2 is 1.76 bits per heavy atom. The lowest BCUT2D eigenvalue weighted by Gasteiger charge is -2.24. The molecule has 1 fully saturated rings. The van der Waals surface area contributed by atoms with Gasteiger partial charge in [-0.2, -0.15) is 0 Å². The Bertz CT molecular complexity index is 991. The molecule has 2 aromatic carbocycles. The van der Waals surface area contributed by atoms with Crippen molar-refractivity contribution in [1.29, 1.82) is 0 Å². The second-order valence-electron chi connectivity index (χ2n) is 7.87. The monoisotopic (exact) mass is 538 g/mol. The van der Waals surface area contributed by atoms with Crippen LogP contribution in [-0.4, -0.2) is 46.7 Å². The Hall–Kier alpha value is -2.10. The Morgan fingerprint density at radius 1 is 1.09 bits per heavy atom. The van der Waals surface area contributed by atoms with Crippen molar-refractivity contribution in [3.8, 4) is 5.75 Å². The minimum Gasteiger partial charge on any atom is -0.494 e. The van der Waals surface area contributed by atoms with Crippen molar-refractivity contribution in [3.05, 3.63) is 53.0 Å². The summed E-state index contributed by atoms with van der Waals surface area (Å²) in [6.07, 6.45) is 5.68. The zero-order valence-corrected chi connectivity index (χ0v) is 21.2. The third kappa shape index (κ3) is 7.45. The number of carbonyl (C=O) groups is 1. The highest BCUT2D eigenvalue weighted by atomic mass is 79.9. The average molecular weight is 539 g/mol. The molecule has 9 heteroatoms. The standard InChI is InChI=1S/C24H31BrN2O5S/c1-2-31-22-12-10-20(11-13-22)27(33(29,30)23-14-8-19(25)9-15-23)18-24(28)26-16-5-17-32-21-6-3-4-7-21/h8-15,21H,2-7,16-18H2,1H3,(H,26,28). The summed E-state index contributed by atoms with van der Waals surface area (Å²) in [6, 6.07) is 13.0. The van der Waals surface area contributed by atoms with Gasteiger partial charge in [0.1, 0.15) is 12.3 Å². The van der Waals surface area contributed by atoms with Gasteiger partial charge in [-0.3, -0.25) is 9.10 Å². The lowest BCUT2D eigenvalue weighted by molar-refractivity contribution is -0.119. The van der Waals surface area contributed by atoms with Crippen molar-refractivity contribution in [1.82, 2.24) is 5.32 Å². The van der Waals surface area contributed by atoms with Crippen LogP contribution >= 0.6 is 15.9 Å². The van der Waals surface area contributed by atoms with Crippen molar-refractivity contribution in [2.24, 2.45) is 0 Å². The van der Waals surface area contributed by atoms with E-state index in [9.17, 15) is 13.2 Å². The molecule has 0 spiro atoms. The molecule has 180 valence electrons. The number of amides is 1. The zero-order valence-electron chi connectivity index (χ0n) is 18.8. The van der Waals surface area contributed by atoms with Gasteiger partial charge in [-0.15, -0.1) is 0 Å². The molecule has 7 nitrogen and oxygen atoms in total. The highest BCUT2D eigenvalue weighted by Crippen LogP contribution is 2.26. The van der Waals surface area contributed by atoms with Gasteiger partial charge in [0.25, 0.3) is 10.0 Å². The van der Waals surface area contributed by atoms with Crippen molar-refractivity contribution >= 4 is 37.5 Å². The largest absolute Gasteiger partial charge is 0.494 e. The first-order valence-electron chi connectivity index (χ1n) is 11.3. The molecule has 1 aliphatic carbocycles. The molecule has 0 unspecified atom stereocenters. The summed E-state index contributed by atoms with van der Waals surface area (Å²) in [4.78, 5) is 12.8. The van der Waals surface area contributed by atoms with E-state index >= 15 is 0 Å². The van der Waals surface area contributed by atoms with E-state index in [1.165, 1.54) is 25.0 Å². The normalized spacial score (nSPS) is 14.2. The van der Waals surface area contributed by atoms with Gasteiger partial charge in [-0.1, -0.05) is 28.8 Å². The number of hydrogen-bond donors (Lipinski definition) is 1. The minimum absolute atomic E-state index is 0.109. The molecule has 0 heterocycles. The molecule has 0 bridgehead atoms. The maximum atomic E-state index is 13.4. The summed E-state index contributed by atoms with van der Waals surface area (Å²) < 4.78 is 39.9. The summed E-state index contributed by atoms with van der Waals surface area (Å²) in [6.45, 7) is 3.08. The number of nitrogens with one attached hydrogen (secondary N) is 1. The summed E-state index contributed by atoms with van der Waals surface area (Å²) in [5.41, 5.74) is 0.390. The summed E-state index contributed by atoms with van der Waals surface area (Å²) >= 11 is 3.32. The topological polar surface area (TPSA) is 84.9 Å². The molecular weight excluding hydrogens is 508 g/mol. The van der Waals surface area contributed by atoms with E-state index in [1.54, 1.807) is 36.4 Å². The second kappa shape index (κ2) is 12.4. The fourth-order valence-corrected chi connectivity index (χ4v) is 5.40. The van der Waals surface area contributed by atoms with E-state index in [1.807, 2.05) is 6.92 Å². The van der Waals surface area contributed by atoms with Gasteiger partial charge in [0.15, 0.2) is 0 Å². The molecule has 0 aromatic heterocycles. The first-order chi connectivity index (χ1) is 15.9. The van der Waals surface area contributed by atoms with Gasteiger partial charge < -0.3 is 14.8 Å². The molecule has 33 heavy (non-hydrogen) atoms. The number of benzene rings is 2. The number of halogens is 1. The SMILES string of the molecule is CCOc1ccc(N(CC(=O)NCCCOC2CCCC2)S(=O)(=O)c2ccc(Br)cc2)cc1. The van der Waals surface area contributed by atoms with Crippen molar-refractivity contribution in [2.45, 2.75) is 50.0 Å². The number of carbonyl (C=O) groups excluding carboxylic acids is 1. The van der Waals surface area contributed by atoms with Gasteiger partial charge in [-0.05, 0) is 74.7 Å². The van der Waals surface area contributed by atoms with Crippen LogP contribution in [0.1, 0.15) is 39.0 Å². The average Bonchev–Trinajstić information content (AvgIpc) is 3.32. The van der Waals surface area contributed by atoms with Crippen LogP contribution in [-0.2, 0) is 19.6 Å². The fourth-order valence-electron chi connectivity index (χ4n) is 3.72. The van der Waals surface area contributed by atoms with Crippen LogP contribution in [0.4, 0.5) is 5.69 Å². The van der Waals surface area contributed by atoms with Crippen LogP contribution < -0.4 is 14.4 Å². The van der Waals surface area contributed by atoms with Crippen LogP contribution in [0.15, 0.2) is 57.9 Å². The minimum atomic E-state index is -3.95. The first-order valence-corrected chi connectivity index (χ1v) is 13.5. The van der Waals surface area contributed by atoms with E-state index in [0.717, 1.165) is 21.6 Å². The lowest BCUT2D eigenvalue weighted by Crippen LogP contribution is -2.41. The van der Waals surface area contributed by atoms with Gasteiger partial charge >= 0.3 is 0 Å². The first kappa shape index (κ1) is 25.5. The predicted molar refractivity (Wildman–Crippen MR) is 132 cm³/mol. The van der Waals surface area contributed by atoms with Crippen molar-refractivity contribution < 1.29 is 22.7 Å². The number of ether oxygens (including phenoxy) is 2. The van der Waals surface area contributed by atoms with Crippen LogP contribution in [0.2, 0.25) is 0 Å². The number of rotatable bonds is 12. The smallest absolute Gasteiger partial charge is 0.264 e. The molecule has 0 aliphatic heterocycles. The van der Waals surface area contributed by atoms with E-state index in [4.69, 9.17) is 9.47 Å². The maximum absolute atomic E-state index is 13.4. The van der Waals surface area contributed by atoms with Gasteiger partial charge in [-0.25, -0.2) is 8.42 Å². The van der Waals surface area contributed by atoms with Crippen LogP contribution in [0, 0.1) is 0 Å². The molecular formula is C24H31BrN2O5S. The van der Waals surface area contributed by atoms with E-state index in [0.29, 0.717) is 43.7 Å². The third-order valence-corrected chi connectivity index (χ3v) is 7.74. The Kier molecular flexibility index (Phi) is 9.58. The Labute approximate surface area is 204 Å². The molecule has 1 aliphatic rings. The van der Waals surface area contributed by atoms with Crippen LogP contribution in [0.3, 0.4) is 0 Å². The van der Waals surface area contributed by atoms with Crippen LogP contribution in [0.5, 0.6) is 5.75 Å². The summed E-state index contributed by atoms with van der Waals surface area (Å²) in [5.74, 6) is 0.263. The van der Waals surface area contributed by atoms with Gasteiger partial charge in [0.2, 0.25) is 5.91 Å². The quantitative estimate of drug-likeness (QED) is 0.402. The van der Waals surface area contributed by atoms with Gasteiger partial charge in [0.05, 0.1) is 23.3 Å². The van der Waals surface area contributed by atoms with Crippen molar-refractivity contribution in [3.63, 3.8) is 0 Å². The Balaban J connectivity index is 1.67. The van der Waals surface area contributed by atoms with E-state index < -0.39 is 10.0 Å². The molecule has 2 aromatic rings. The molecule has 3 rings (SSSR count). The lowest BCUT2D eigenvalue weighted by atomic mass is 10.3. The Morgan fingerprint density at radius 3 is 2.39 bits per heavy atom. The maximum Gasteiger partial charge on any atom is 0.264 e. The molecule has 0 atom stereocenters. The predicted octanol–water partition coefficient (Wildman–Crippen LogP) is 4.51. The van der Waals surface area contributed by atoms with E-state index in [2.05, 4.69) is 21.2 Å². The molecule has 1 N–H and O–H groups in total. The molecule has 0 radical (unpaired) electrons. The zero-order chi connectivity index (χ0) is 23.7. The second-order valence-corrected chi connectivity index (χ2v) is 10.7. The van der Waals surface area contributed by atoms with Gasteiger partial charge in [0, 0.05) is 17.6 Å². The summed E-state index contributed by atoms with van der Waals surface area (Å²) in [5, 5.41) is 2.82. The number of hydrogen-bond acceptors (Lipinski definition) is 5. The number of anilines is 1. The highest BCUT2D eigenvalue weighted by molar-refractivity contribution is 9.10. The molecule has 1 saturated carbocycles. The third-order valence-electron chi connectivity index (χ3n) is 5.42. The van der Waals surface area contributed by atoms with Crippen LogP contribution in [0.25, 0.3) is 0 Å². The molecule has 0 saturated heterocycles. The fraction of sp³-hybridized carbons (Fsp3) is 0.458. The highest BCUT2D eigenvalue weighted by Gasteiger charge is 2.27. The number of nitrogens with zero attached hydrogens (tertiary/aromatic N) is 1. The summed E-state index contributed by atoms with van der Waals surface area (Å²) in [7, 11) is -3.95. The molecule has 1 amide bonds. The van der Waals surface area contributed by atoms with E-state index in [-0.39, 0.29) is 17.3 Å². The van der Waals surface area contributed by atoms with Crippen molar-refractivity contribution in [2.75, 3.05) is 30.6 Å².